The van der Waals surface area contributed by atoms with E-state index < -0.39 is 23.0 Å². The van der Waals surface area contributed by atoms with Crippen LogP contribution in [0.4, 0.5) is 10.1 Å². The van der Waals surface area contributed by atoms with Crippen LogP contribution in [0.15, 0.2) is 64.3 Å². The van der Waals surface area contributed by atoms with Gasteiger partial charge in [0.05, 0.1) is 12.1 Å². The molecular formula is C33H33ClFN5O5. The van der Waals surface area contributed by atoms with Gasteiger partial charge in [0.25, 0.3) is 11.5 Å². The first-order chi connectivity index (χ1) is 21.4. The number of carbonyl (C=O) groups excluding carboxylic acids is 2. The predicted octanol–water partition coefficient (Wildman–Crippen LogP) is 4.10. The first kappa shape index (κ1) is 31.7. The number of likely N-dealkylation sites (N-methyl/N-ethyl adjacent to an activating group) is 1. The van der Waals surface area contributed by atoms with Crippen LogP contribution in [0.2, 0.25) is 5.02 Å². The first-order valence-corrected chi connectivity index (χ1v) is 14.6. The first-order valence-electron chi connectivity index (χ1n) is 14.2. The normalized spacial score (nSPS) is 14.5. The Labute approximate surface area is 264 Å². The third-order valence-electron chi connectivity index (χ3n) is 8.23. The lowest BCUT2D eigenvalue weighted by Gasteiger charge is -2.24. The number of nitrogens with zero attached hydrogens (tertiary/aromatic N) is 3. The second-order valence-electron chi connectivity index (χ2n) is 11.1. The van der Waals surface area contributed by atoms with Gasteiger partial charge in [-0.15, -0.1) is 0 Å². The summed E-state index contributed by atoms with van der Waals surface area (Å²) in [6, 6.07) is 13.9. The summed E-state index contributed by atoms with van der Waals surface area (Å²) in [4.78, 5) is 51.3. The van der Waals surface area contributed by atoms with Gasteiger partial charge in [-0.25, -0.2) is 9.18 Å². The van der Waals surface area contributed by atoms with Crippen molar-refractivity contribution in [2.45, 2.75) is 25.9 Å². The Morgan fingerprint density at radius 3 is 2.49 bits per heavy atom. The second-order valence-corrected chi connectivity index (χ2v) is 11.5. The molecule has 45 heavy (non-hydrogen) atoms. The van der Waals surface area contributed by atoms with Crippen molar-refractivity contribution in [3.05, 3.63) is 103 Å². The maximum Gasteiger partial charge on any atom is 0.330 e. The fraction of sp³-hybridized carbons (Fsp3) is 0.273. The number of ether oxygens (including phenoxy) is 1. The minimum atomic E-state index is -0.703. The number of carbonyl (C=O) groups is 2. The molecular weight excluding hydrogens is 601 g/mol. The summed E-state index contributed by atoms with van der Waals surface area (Å²) in [7, 11) is 6.10. The number of amides is 2. The number of hydrogen-bond donors (Lipinski definition) is 2. The van der Waals surface area contributed by atoms with Crippen molar-refractivity contribution in [1.82, 2.24) is 19.4 Å². The third-order valence-corrected chi connectivity index (χ3v) is 8.64. The topological polar surface area (TPSA) is 115 Å². The van der Waals surface area contributed by atoms with Crippen LogP contribution >= 0.6 is 11.6 Å². The van der Waals surface area contributed by atoms with Gasteiger partial charge in [0, 0.05) is 68.2 Å². The van der Waals surface area contributed by atoms with Gasteiger partial charge in [-0.1, -0.05) is 41.9 Å². The summed E-state index contributed by atoms with van der Waals surface area (Å²) in [6.45, 7) is 2.58. The number of benzene rings is 3. The van der Waals surface area contributed by atoms with E-state index in [4.69, 9.17) is 16.3 Å². The van der Waals surface area contributed by atoms with Gasteiger partial charge in [-0.3, -0.25) is 23.9 Å². The van der Waals surface area contributed by atoms with Crippen LogP contribution in [-0.2, 0) is 25.4 Å². The van der Waals surface area contributed by atoms with Gasteiger partial charge in [0.15, 0.2) is 0 Å². The van der Waals surface area contributed by atoms with Crippen molar-refractivity contribution in [1.29, 1.82) is 0 Å². The van der Waals surface area contributed by atoms with Gasteiger partial charge in [0.1, 0.15) is 17.1 Å². The number of methoxy groups -OCH3 is 1. The van der Waals surface area contributed by atoms with Gasteiger partial charge < -0.3 is 19.9 Å². The number of halogens is 2. The third kappa shape index (κ3) is 6.13. The molecule has 0 spiro atoms. The minimum Gasteiger partial charge on any atom is -0.496 e. The molecule has 1 aliphatic rings. The molecule has 3 aromatic carbocycles. The molecule has 0 bridgehead atoms. The summed E-state index contributed by atoms with van der Waals surface area (Å²) < 4.78 is 23.3. The Bertz CT molecular complexity index is 1950. The highest BCUT2D eigenvalue weighted by Gasteiger charge is 2.27. The van der Waals surface area contributed by atoms with Crippen LogP contribution < -0.4 is 26.6 Å². The Morgan fingerprint density at radius 1 is 1.11 bits per heavy atom. The maximum atomic E-state index is 15.6. The minimum absolute atomic E-state index is 0.0256. The average Bonchev–Trinajstić information content (AvgIpc) is 3.46. The molecule has 0 unspecified atom stereocenters. The van der Waals surface area contributed by atoms with Crippen molar-refractivity contribution in [3.63, 3.8) is 0 Å². The molecule has 2 amide bonds. The molecule has 5 rings (SSSR count). The smallest absolute Gasteiger partial charge is 0.330 e. The van der Waals surface area contributed by atoms with Gasteiger partial charge in [0.2, 0.25) is 5.91 Å². The van der Waals surface area contributed by atoms with Crippen molar-refractivity contribution in [2.24, 2.45) is 14.1 Å². The maximum absolute atomic E-state index is 15.6. The van der Waals surface area contributed by atoms with E-state index in [-0.39, 0.29) is 24.1 Å². The van der Waals surface area contributed by atoms with E-state index >= 15 is 4.39 Å². The van der Waals surface area contributed by atoms with Gasteiger partial charge >= 0.3 is 5.69 Å². The Morgan fingerprint density at radius 2 is 1.80 bits per heavy atom. The Kier molecular flexibility index (Phi) is 8.94. The summed E-state index contributed by atoms with van der Waals surface area (Å²) >= 11 is 6.97. The zero-order chi connectivity index (χ0) is 32.6. The van der Waals surface area contributed by atoms with E-state index in [2.05, 4.69) is 10.6 Å². The molecule has 1 aromatic heterocycles. The molecule has 234 valence electrons. The SMILES string of the molecule is COc1cc(-c2cccc(-c3cccc(NC(=O)c4cn(C)c(=O)n(C)c4=O)c3C)c2Cl)cc(F)c1CN(C)[C@H]1CNC(=O)C1. The van der Waals surface area contributed by atoms with E-state index in [0.717, 1.165) is 10.1 Å². The number of rotatable bonds is 8. The zero-order valence-corrected chi connectivity index (χ0v) is 26.3. The lowest BCUT2D eigenvalue weighted by molar-refractivity contribution is -0.119. The van der Waals surface area contributed by atoms with Crippen LogP contribution in [0.1, 0.15) is 27.9 Å². The zero-order valence-electron chi connectivity index (χ0n) is 25.5. The largest absolute Gasteiger partial charge is 0.496 e. The van der Waals surface area contributed by atoms with Crippen molar-refractivity contribution >= 4 is 29.1 Å². The van der Waals surface area contributed by atoms with Crippen molar-refractivity contribution in [2.75, 3.05) is 26.0 Å². The molecule has 2 heterocycles. The summed E-state index contributed by atoms with van der Waals surface area (Å²) in [5, 5.41) is 5.96. The predicted molar refractivity (Wildman–Crippen MR) is 171 cm³/mol. The number of aryl methyl sites for hydroxylation is 1. The molecule has 10 nitrogen and oxygen atoms in total. The second kappa shape index (κ2) is 12.7. The van der Waals surface area contributed by atoms with Crippen molar-refractivity contribution in [3.8, 4) is 28.0 Å². The molecule has 0 radical (unpaired) electrons. The number of aromatic nitrogens is 2. The molecule has 1 fully saturated rings. The monoisotopic (exact) mass is 633 g/mol. The fourth-order valence-electron chi connectivity index (χ4n) is 5.56. The molecule has 1 aliphatic heterocycles. The molecule has 4 aromatic rings. The Hall–Kier alpha value is -4.74. The summed E-state index contributed by atoms with van der Waals surface area (Å²) in [5.74, 6) is -0.778. The average molecular weight is 634 g/mol. The summed E-state index contributed by atoms with van der Waals surface area (Å²) in [5.41, 5.74) is 2.58. The Balaban J connectivity index is 1.47. The van der Waals surface area contributed by atoms with Crippen molar-refractivity contribution < 1.29 is 18.7 Å². The number of hydrogen-bond acceptors (Lipinski definition) is 6. The van der Waals surface area contributed by atoms with Crippen LogP contribution in [-0.4, -0.2) is 52.6 Å². The quantitative estimate of drug-likeness (QED) is 0.302. The molecule has 0 aliphatic carbocycles. The fourth-order valence-corrected chi connectivity index (χ4v) is 5.90. The van der Waals surface area contributed by atoms with Crippen LogP contribution in [0, 0.1) is 12.7 Å². The molecule has 1 saturated heterocycles. The lowest BCUT2D eigenvalue weighted by Crippen LogP contribution is -2.40. The van der Waals surface area contributed by atoms with E-state index in [1.54, 1.807) is 24.3 Å². The van der Waals surface area contributed by atoms with Crippen LogP contribution in [0.3, 0.4) is 0 Å². The van der Waals surface area contributed by atoms with Crippen LogP contribution in [0.25, 0.3) is 22.3 Å². The van der Waals surface area contributed by atoms with Gasteiger partial charge in [-0.05, 0) is 48.9 Å². The summed E-state index contributed by atoms with van der Waals surface area (Å²) in [6.07, 6.45) is 1.57. The molecule has 2 N–H and O–H groups in total. The van der Waals surface area contributed by atoms with Crippen LogP contribution in [0.5, 0.6) is 5.75 Å². The lowest BCUT2D eigenvalue weighted by atomic mass is 9.94. The number of anilines is 1. The highest BCUT2D eigenvalue weighted by Crippen LogP contribution is 2.41. The molecule has 1 atom stereocenters. The molecule has 12 heteroatoms. The van der Waals surface area contributed by atoms with E-state index in [0.29, 0.717) is 57.2 Å². The molecule has 0 saturated carbocycles. The van der Waals surface area contributed by atoms with E-state index in [9.17, 15) is 19.2 Å². The highest BCUT2D eigenvalue weighted by atomic mass is 35.5. The van der Waals surface area contributed by atoms with Gasteiger partial charge in [-0.2, -0.15) is 0 Å². The van der Waals surface area contributed by atoms with E-state index in [1.807, 2.05) is 37.1 Å². The standard InChI is InChI=1S/C33H33ClFN5O5/c1-18-21(8-7-11-27(18)37-31(42)25-17-39(3)33(44)40(4)32(25)43)23-10-6-9-22(30(23)34)19-12-26(35)24(28(13-19)45-5)16-38(2)20-14-29(41)36-15-20/h6-13,17,20H,14-16H2,1-5H3,(H,36,41)(H,37,42)/t20-/m1/s1. The highest BCUT2D eigenvalue weighted by molar-refractivity contribution is 6.36. The number of nitrogens with one attached hydrogen (secondary N) is 2. The van der Waals surface area contributed by atoms with E-state index in [1.165, 1.54) is 38.0 Å².